The van der Waals surface area contributed by atoms with Gasteiger partial charge in [-0.05, 0) is 52.5 Å². The normalized spacial score (nSPS) is 17.5. The predicted molar refractivity (Wildman–Crippen MR) is 108 cm³/mol. The number of aryl methyl sites for hydroxylation is 4. The monoisotopic (exact) mass is 401 g/mol. The van der Waals surface area contributed by atoms with E-state index in [0.717, 1.165) is 40.4 Å². The number of likely N-dealkylation sites (tertiary alicyclic amines) is 1. The molecule has 2 amide bonds. The fourth-order valence-electron chi connectivity index (χ4n) is 3.98. The summed E-state index contributed by atoms with van der Waals surface area (Å²) in [5.74, 6) is 0.901. The van der Waals surface area contributed by atoms with Crippen molar-refractivity contribution in [3.05, 3.63) is 34.0 Å². The summed E-state index contributed by atoms with van der Waals surface area (Å²) in [4.78, 5) is 26.9. The van der Waals surface area contributed by atoms with Crippen LogP contribution in [0.15, 0.2) is 4.52 Å². The Labute approximate surface area is 171 Å². The third-order valence-corrected chi connectivity index (χ3v) is 5.96. The quantitative estimate of drug-likeness (QED) is 0.801. The van der Waals surface area contributed by atoms with Crippen LogP contribution in [-0.2, 0) is 29.6 Å². The molecule has 0 spiro atoms. The number of hydrogen-bond donors (Lipinski definition) is 1. The summed E-state index contributed by atoms with van der Waals surface area (Å²) >= 11 is 0. The van der Waals surface area contributed by atoms with Crippen molar-refractivity contribution in [2.45, 2.75) is 72.4 Å². The van der Waals surface area contributed by atoms with Crippen LogP contribution < -0.4 is 5.32 Å². The minimum Gasteiger partial charge on any atom is -0.361 e. The summed E-state index contributed by atoms with van der Waals surface area (Å²) < 4.78 is 7.06. The number of carbonyl (C=O) groups excluding carboxylic acids is 2. The standard InChI is InChI=1S/C21H31N5O3/c1-13-18(15(3)25(5)23-13)7-8-20(27)22-17-6-9-21(28)26(11-10-17)12-19-14(2)24-29-16(19)4/h17H,6-12H2,1-5H3,(H,22,27). The van der Waals surface area contributed by atoms with Crippen molar-refractivity contribution in [2.24, 2.45) is 7.05 Å². The van der Waals surface area contributed by atoms with Gasteiger partial charge in [-0.25, -0.2) is 0 Å². The van der Waals surface area contributed by atoms with Crippen molar-refractivity contribution in [2.75, 3.05) is 6.54 Å². The second-order valence-corrected chi connectivity index (χ2v) is 7.98. The summed E-state index contributed by atoms with van der Waals surface area (Å²) in [5.41, 5.74) is 5.02. The molecule has 29 heavy (non-hydrogen) atoms. The molecule has 1 saturated heterocycles. The summed E-state index contributed by atoms with van der Waals surface area (Å²) in [6.45, 7) is 8.90. The summed E-state index contributed by atoms with van der Waals surface area (Å²) in [6, 6.07) is 0.0252. The molecule has 1 aliphatic rings. The highest BCUT2D eigenvalue weighted by Crippen LogP contribution is 2.20. The van der Waals surface area contributed by atoms with Crippen molar-refractivity contribution in [3.8, 4) is 0 Å². The molecule has 158 valence electrons. The molecular weight excluding hydrogens is 370 g/mol. The predicted octanol–water partition coefficient (Wildman–Crippen LogP) is 2.27. The second-order valence-electron chi connectivity index (χ2n) is 7.98. The first-order valence-corrected chi connectivity index (χ1v) is 10.2. The van der Waals surface area contributed by atoms with Crippen LogP contribution in [0.4, 0.5) is 0 Å². The summed E-state index contributed by atoms with van der Waals surface area (Å²) in [7, 11) is 1.92. The van der Waals surface area contributed by atoms with Gasteiger partial charge in [-0.1, -0.05) is 5.16 Å². The zero-order chi connectivity index (χ0) is 21.1. The van der Waals surface area contributed by atoms with Crippen LogP contribution in [-0.4, -0.2) is 44.2 Å². The third-order valence-electron chi connectivity index (χ3n) is 5.96. The van der Waals surface area contributed by atoms with E-state index >= 15 is 0 Å². The van der Waals surface area contributed by atoms with Crippen molar-refractivity contribution >= 4 is 11.8 Å². The molecule has 8 nitrogen and oxygen atoms in total. The van der Waals surface area contributed by atoms with E-state index in [0.29, 0.717) is 38.8 Å². The van der Waals surface area contributed by atoms with Gasteiger partial charge in [-0.3, -0.25) is 14.3 Å². The number of aromatic nitrogens is 3. The van der Waals surface area contributed by atoms with E-state index in [-0.39, 0.29) is 17.9 Å². The maximum absolute atomic E-state index is 12.5. The Bertz CT molecular complexity index is 879. The minimum absolute atomic E-state index is 0.0252. The highest BCUT2D eigenvalue weighted by Gasteiger charge is 2.25. The third kappa shape index (κ3) is 4.86. The first-order valence-electron chi connectivity index (χ1n) is 10.2. The lowest BCUT2D eigenvalue weighted by Crippen LogP contribution is -2.36. The van der Waals surface area contributed by atoms with Gasteiger partial charge in [0.1, 0.15) is 5.76 Å². The van der Waals surface area contributed by atoms with E-state index in [1.165, 1.54) is 0 Å². The topological polar surface area (TPSA) is 93.3 Å². The van der Waals surface area contributed by atoms with Gasteiger partial charge >= 0.3 is 0 Å². The van der Waals surface area contributed by atoms with E-state index in [4.69, 9.17) is 4.52 Å². The van der Waals surface area contributed by atoms with Gasteiger partial charge < -0.3 is 14.7 Å². The van der Waals surface area contributed by atoms with Crippen LogP contribution in [0.1, 0.15) is 59.7 Å². The van der Waals surface area contributed by atoms with Crippen molar-refractivity contribution < 1.29 is 14.1 Å². The van der Waals surface area contributed by atoms with E-state index in [2.05, 4.69) is 15.6 Å². The van der Waals surface area contributed by atoms with E-state index in [1.54, 1.807) is 0 Å². The Morgan fingerprint density at radius 2 is 1.93 bits per heavy atom. The molecule has 1 fully saturated rings. The molecule has 1 aliphatic heterocycles. The first kappa shape index (κ1) is 21.1. The fourth-order valence-corrected chi connectivity index (χ4v) is 3.98. The Morgan fingerprint density at radius 3 is 2.55 bits per heavy atom. The molecule has 2 aromatic heterocycles. The number of hydrogen-bond acceptors (Lipinski definition) is 5. The number of amides is 2. The largest absolute Gasteiger partial charge is 0.361 e. The van der Waals surface area contributed by atoms with Gasteiger partial charge in [0, 0.05) is 43.7 Å². The van der Waals surface area contributed by atoms with E-state index < -0.39 is 0 Å². The highest BCUT2D eigenvalue weighted by atomic mass is 16.5. The van der Waals surface area contributed by atoms with Gasteiger partial charge in [-0.2, -0.15) is 5.10 Å². The van der Waals surface area contributed by atoms with Gasteiger partial charge in [0.15, 0.2) is 0 Å². The molecule has 1 unspecified atom stereocenters. The fraction of sp³-hybridized carbons (Fsp3) is 0.619. The average molecular weight is 402 g/mol. The lowest BCUT2D eigenvalue weighted by molar-refractivity contribution is -0.131. The Hall–Kier alpha value is -2.64. The second kappa shape index (κ2) is 8.80. The maximum atomic E-state index is 12.5. The highest BCUT2D eigenvalue weighted by molar-refractivity contribution is 5.78. The Balaban J connectivity index is 1.52. The van der Waals surface area contributed by atoms with Crippen molar-refractivity contribution in [1.29, 1.82) is 0 Å². The number of nitrogens with zero attached hydrogens (tertiary/aromatic N) is 4. The smallest absolute Gasteiger partial charge is 0.222 e. The molecule has 0 radical (unpaired) electrons. The summed E-state index contributed by atoms with van der Waals surface area (Å²) in [5, 5.41) is 11.5. The lowest BCUT2D eigenvalue weighted by Gasteiger charge is -2.21. The number of rotatable bonds is 6. The average Bonchev–Trinajstić information content (AvgIpc) is 3.03. The van der Waals surface area contributed by atoms with Crippen LogP contribution in [0.5, 0.6) is 0 Å². The van der Waals surface area contributed by atoms with Gasteiger partial charge in [-0.15, -0.1) is 0 Å². The Morgan fingerprint density at radius 1 is 1.17 bits per heavy atom. The molecule has 0 bridgehead atoms. The van der Waals surface area contributed by atoms with Crippen molar-refractivity contribution in [3.63, 3.8) is 0 Å². The molecule has 1 atom stereocenters. The molecule has 0 aromatic carbocycles. The summed E-state index contributed by atoms with van der Waals surface area (Å²) in [6.07, 6.45) is 2.98. The van der Waals surface area contributed by atoms with Crippen LogP contribution in [0.3, 0.4) is 0 Å². The zero-order valence-electron chi connectivity index (χ0n) is 18.0. The van der Waals surface area contributed by atoms with Crippen LogP contribution >= 0.6 is 0 Å². The molecule has 8 heteroatoms. The molecule has 0 aliphatic carbocycles. The molecule has 0 saturated carbocycles. The molecule has 2 aromatic rings. The van der Waals surface area contributed by atoms with E-state index in [1.807, 2.05) is 44.3 Å². The molecule has 3 heterocycles. The van der Waals surface area contributed by atoms with Crippen LogP contribution in [0, 0.1) is 27.7 Å². The van der Waals surface area contributed by atoms with Gasteiger partial charge in [0.25, 0.3) is 0 Å². The van der Waals surface area contributed by atoms with Crippen LogP contribution in [0.25, 0.3) is 0 Å². The van der Waals surface area contributed by atoms with Crippen LogP contribution in [0.2, 0.25) is 0 Å². The molecule has 3 rings (SSSR count). The van der Waals surface area contributed by atoms with E-state index in [9.17, 15) is 9.59 Å². The molecule has 1 N–H and O–H groups in total. The van der Waals surface area contributed by atoms with Gasteiger partial charge in [0.2, 0.25) is 11.8 Å². The SMILES string of the molecule is Cc1noc(C)c1CN1CCC(NC(=O)CCc2c(C)nn(C)c2C)CCC1=O. The molecular formula is C21H31N5O3. The van der Waals surface area contributed by atoms with Gasteiger partial charge in [0.05, 0.1) is 17.9 Å². The maximum Gasteiger partial charge on any atom is 0.222 e. The number of carbonyl (C=O) groups is 2. The first-order chi connectivity index (χ1) is 13.8. The zero-order valence-corrected chi connectivity index (χ0v) is 18.0. The lowest BCUT2D eigenvalue weighted by atomic mass is 10.1. The number of nitrogens with one attached hydrogen (secondary N) is 1. The Kier molecular flexibility index (Phi) is 6.39. The van der Waals surface area contributed by atoms with Crippen molar-refractivity contribution in [1.82, 2.24) is 25.2 Å². The minimum atomic E-state index is 0.0252.